The van der Waals surface area contributed by atoms with Gasteiger partial charge in [-0.1, -0.05) is 12.1 Å². The SMILES string of the molecule is O=C(O)c1cccc2c1CCN(C(=O)c1cncnc1)C2. The van der Waals surface area contributed by atoms with Crippen molar-refractivity contribution in [3.05, 3.63) is 59.2 Å². The number of fused-ring (bicyclic) bond motifs is 1. The predicted molar refractivity (Wildman–Crippen MR) is 73.9 cm³/mol. The molecular weight excluding hydrogens is 270 g/mol. The van der Waals surface area contributed by atoms with E-state index in [4.69, 9.17) is 0 Å². The highest BCUT2D eigenvalue weighted by Crippen LogP contribution is 2.23. The summed E-state index contributed by atoms with van der Waals surface area (Å²) in [6.45, 7) is 0.898. The van der Waals surface area contributed by atoms with E-state index >= 15 is 0 Å². The second kappa shape index (κ2) is 5.32. The fourth-order valence-electron chi connectivity index (χ4n) is 2.58. The van der Waals surface area contributed by atoms with E-state index in [1.165, 1.54) is 18.7 Å². The number of rotatable bonds is 2. The molecule has 0 unspecified atom stereocenters. The Balaban J connectivity index is 1.87. The Morgan fingerprint density at radius 2 is 1.95 bits per heavy atom. The van der Waals surface area contributed by atoms with Gasteiger partial charge in [-0.15, -0.1) is 0 Å². The molecule has 1 N–H and O–H groups in total. The molecule has 0 spiro atoms. The lowest BCUT2D eigenvalue weighted by Gasteiger charge is -2.29. The first-order valence-corrected chi connectivity index (χ1v) is 6.55. The van der Waals surface area contributed by atoms with E-state index in [9.17, 15) is 14.7 Å². The van der Waals surface area contributed by atoms with Crippen molar-refractivity contribution in [2.75, 3.05) is 6.54 Å². The van der Waals surface area contributed by atoms with Crippen LogP contribution in [0.2, 0.25) is 0 Å². The molecule has 1 aromatic carbocycles. The summed E-state index contributed by atoms with van der Waals surface area (Å²) in [7, 11) is 0. The van der Waals surface area contributed by atoms with E-state index in [1.807, 2.05) is 6.07 Å². The normalized spacial score (nSPS) is 13.6. The lowest BCUT2D eigenvalue weighted by Crippen LogP contribution is -2.36. The third-order valence-corrected chi connectivity index (χ3v) is 3.59. The number of carbonyl (C=O) groups is 2. The molecule has 6 heteroatoms. The van der Waals surface area contributed by atoms with Crippen LogP contribution < -0.4 is 0 Å². The van der Waals surface area contributed by atoms with Crippen molar-refractivity contribution in [2.45, 2.75) is 13.0 Å². The zero-order chi connectivity index (χ0) is 14.8. The Morgan fingerprint density at radius 3 is 2.67 bits per heavy atom. The Hall–Kier alpha value is -2.76. The van der Waals surface area contributed by atoms with Gasteiger partial charge in [0.25, 0.3) is 5.91 Å². The molecule has 21 heavy (non-hydrogen) atoms. The molecule has 0 bridgehead atoms. The molecule has 0 fully saturated rings. The maximum absolute atomic E-state index is 12.4. The average molecular weight is 283 g/mol. The van der Waals surface area contributed by atoms with Gasteiger partial charge in [0.15, 0.2) is 0 Å². The Morgan fingerprint density at radius 1 is 1.19 bits per heavy atom. The lowest BCUT2D eigenvalue weighted by atomic mass is 9.94. The van der Waals surface area contributed by atoms with Crippen LogP contribution in [0.25, 0.3) is 0 Å². The lowest BCUT2D eigenvalue weighted by molar-refractivity contribution is 0.0694. The topological polar surface area (TPSA) is 83.4 Å². The van der Waals surface area contributed by atoms with Crippen molar-refractivity contribution < 1.29 is 14.7 Å². The Kier molecular flexibility index (Phi) is 3.35. The van der Waals surface area contributed by atoms with Gasteiger partial charge in [-0.2, -0.15) is 0 Å². The smallest absolute Gasteiger partial charge is 0.335 e. The van der Waals surface area contributed by atoms with Crippen LogP contribution in [-0.2, 0) is 13.0 Å². The molecule has 0 atom stereocenters. The summed E-state index contributed by atoms with van der Waals surface area (Å²) in [5.41, 5.74) is 2.46. The summed E-state index contributed by atoms with van der Waals surface area (Å²) >= 11 is 0. The number of carboxylic acid groups (broad SMARTS) is 1. The first kappa shape index (κ1) is 13.2. The largest absolute Gasteiger partial charge is 0.478 e. The Labute approximate surface area is 121 Å². The van der Waals surface area contributed by atoms with Crippen LogP contribution in [0, 0.1) is 0 Å². The number of carbonyl (C=O) groups excluding carboxylic acids is 1. The van der Waals surface area contributed by atoms with Gasteiger partial charge >= 0.3 is 5.97 Å². The molecule has 106 valence electrons. The maximum atomic E-state index is 12.4. The van der Waals surface area contributed by atoms with Crippen LogP contribution in [-0.4, -0.2) is 38.4 Å². The van der Waals surface area contributed by atoms with Gasteiger partial charge in [-0.3, -0.25) is 4.79 Å². The molecule has 1 aliphatic heterocycles. The minimum absolute atomic E-state index is 0.137. The van der Waals surface area contributed by atoms with Crippen molar-refractivity contribution in [3.8, 4) is 0 Å². The van der Waals surface area contributed by atoms with Crippen molar-refractivity contribution >= 4 is 11.9 Å². The zero-order valence-electron chi connectivity index (χ0n) is 11.2. The molecule has 6 nitrogen and oxygen atoms in total. The number of aromatic nitrogens is 2. The number of aromatic carboxylic acids is 1. The summed E-state index contributed by atoms with van der Waals surface area (Å²) in [5, 5.41) is 9.20. The van der Waals surface area contributed by atoms with Gasteiger partial charge in [0.2, 0.25) is 0 Å². The molecule has 2 aromatic rings. The molecule has 2 heterocycles. The number of nitrogens with zero attached hydrogens (tertiary/aromatic N) is 3. The van der Waals surface area contributed by atoms with E-state index in [0.717, 1.165) is 11.1 Å². The number of hydrogen-bond donors (Lipinski definition) is 1. The zero-order valence-corrected chi connectivity index (χ0v) is 11.2. The van der Waals surface area contributed by atoms with Gasteiger partial charge in [-0.25, -0.2) is 14.8 Å². The first-order chi connectivity index (χ1) is 10.2. The summed E-state index contributed by atoms with van der Waals surface area (Å²) in [4.78, 5) is 32.9. The molecule has 0 aliphatic carbocycles. The highest BCUT2D eigenvalue weighted by atomic mass is 16.4. The van der Waals surface area contributed by atoms with Crippen molar-refractivity contribution in [3.63, 3.8) is 0 Å². The minimum Gasteiger partial charge on any atom is -0.478 e. The second-order valence-corrected chi connectivity index (χ2v) is 4.85. The van der Waals surface area contributed by atoms with Crippen LogP contribution in [0.1, 0.15) is 31.8 Å². The molecule has 1 aromatic heterocycles. The highest BCUT2D eigenvalue weighted by Gasteiger charge is 2.25. The van der Waals surface area contributed by atoms with Gasteiger partial charge < -0.3 is 10.0 Å². The quantitative estimate of drug-likeness (QED) is 0.900. The van der Waals surface area contributed by atoms with Crippen molar-refractivity contribution in [2.24, 2.45) is 0 Å². The van der Waals surface area contributed by atoms with Gasteiger partial charge in [0.05, 0.1) is 11.1 Å². The Bertz CT molecular complexity index is 701. The monoisotopic (exact) mass is 283 g/mol. The van der Waals surface area contributed by atoms with Gasteiger partial charge in [-0.05, 0) is 23.6 Å². The van der Waals surface area contributed by atoms with E-state index in [2.05, 4.69) is 9.97 Å². The molecule has 1 aliphatic rings. The standard InChI is InChI=1S/C15H13N3O3/c19-14(11-6-16-9-17-7-11)18-5-4-12-10(8-18)2-1-3-13(12)15(20)21/h1-3,6-7,9H,4-5,8H2,(H,20,21). The van der Waals surface area contributed by atoms with Crippen LogP contribution >= 0.6 is 0 Å². The highest BCUT2D eigenvalue weighted by molar-refractivity contribution is 5.94. The van der Waals surface area contributed by atoms with Crippen molar-refractivity contribution in [1.29, 1.82) is 0 Å². The fourth-order valence-corrected chi connectivity index (χ4v) is 2.58. The maximum Gasteiger partial charge on any atom is 0.335 e. The number of hydrogen-bond acceptors (Lipinski definition) is 4. The van der Waals surface area contributed by atoms with E-state index < -0.39 is 5.97 Å². The van der Waals surface area contributed by atoms with Gasteiger partial charge in [0.1, 0.15) is 6.33 Å². The summed E-state index contributed by atoms with van der Waals surface area (Å²) in [6, 6.07) is 5.17. The first-order valence-electron chi connectivity index (χ1n) is 6.55. The summed E-state index contributed by atoms with van der Waals surface area (Å²) in [5.74, 6) is -1.06. The molecule has 0 saturated carbocycles. The molecular formula is C15H13N3O3. The number of amides is 1. The molecule has 1 amide bonds. The van der Waals surface area contributed by atoms with Crippen LogP contribution in [0.4, 0.5) is 0 Å². The predicted octanol–water partition coefficient (Wildman–Crippen LogP) is 1.37. The number of benzene rings is 1. The van der Waals surface area contributed by atoms with Gasteiger partial charge in [0, 0.05) is 25.5 Å². The molecule has 3 rings (SSSR count). The van der Waals surface area contributed by atoms with E-state index in [0.29, 0.717) is 30.6 Å². The minimum atomic E-state index is -0.928. The number of carboxylic acids is 1. The molecule has 0 radical (unpaired) electrons. The van der Waals surface area contributed by atoms with E-state index in [-0.39, 0.29) is 5.91 Å². The summed E-state index contributed by atoms with van der Waals surface area (Å²) in [6.07, 6.45) is 4.88. The van der Waals surface area contributed by atoms with Crippen molar-refractivity contribution in [1.82, 2.24) is 14.9 Å². The van der Waals surface area contributed by atoms with Crippen LogP contribution in [0.15, 0.2) is 36.9 Å². The molecule has 0 saturated heterocycles. The third kappa shape index (κ3) is 2.47. The fraction of sp³-hybridized carbons (Fsp3) is 0.200. The second-order valence-electron chi connectivity index (χ2n) is 4.85. The van der Waals surface area contributed by atoms with E-state index in [1.54, 1.807) is 17.0 Å². The third-order valence-electron chi connectivity index (χ3n) is 3.59. The van der Waals surface area contributed by atoms with Crippen LogP contribution in [0.5, 0.6) is 0 Å². The van der Waals surface area contributed by atoms with Crippen LogP contribution in [0.3, 0.4) is 0 Å². The summed E-state index contributed by atoms with van der Waals surface area (Å²) < 4.78 is 0. The average Bonchev–Trinajstić information content (AvgIpc) is 2.53.